The molecule has 2 rings (SSSR count). The van der Waals surface area contributed by atoms with E-state index in [1.165, 1.54) is 0 Å². The maximum atomic E-state index is 11.7. The maximum Gasteiger partial charge on any atom is 0.321 e. The van der Waals surface area contributed by atoms with Crippen molar-refractivity contribution in [1.29, 1.82) is 0 Å². The summed E-state index contributed by atoms with van der Waals surface area (Å²) in [5.74, 6) is -1.05. The molecule has 5 nitrogen and oxygen atoms in total. The molecule has 1 aromatic carbocycles. The third-order valence-electron chi connectivity index (χ3n) is 3.69. The number of aliphatic carboxylic acids is 1. The van der Waals surface area contributed by atoms with Gasteiger partial charge in [0.15, 0.2) is 0 Å². The normalized spacial score (nSPS) is 20.4. The van der Waals surface area contributed by atoms with E-state index >= 15 is 0 Å². The molecule has 0 saturated heterocycles. The van der Waals surface area contributed by atoms with E-state index in [4.69, 9.17) is 0 Å². The summed E-state index contributed by atoms with van der Waals surface area (Å²) in [4.78, 5) is 24.9. The van der Waals surface area contributed by atoms with Crippen molar-refractivity contribution in [2.45, 2.75) is 32.0 Å². The highest BCUT2D eigenvalue weighted by atomic mass is 16.4. The fraction of sp³-hybridized carbons (Fsp3) is 0.429. The van der Waals surface area contributed by atoms with Gasteiger partial charge in [-0.2, -0.15) is 0 Å². The highest BCUT2D eigenvalue weighted by molar-refractivity contribution is 5.82. The zero-order chi connectivity index (χ0) is 14.0. The number of nitrogens with zero attached hydrogens (tertiary/aromatic N) is 1. The Bertz CT molecular complexity index is 501. The van der Waals surface area contributed by atoms with Crippen molar-refractivity contribution in [3.05, 3.63) is 35.4 Å². The first-order valence-corrected chi connectivity index (χ1v) is 6.31. The summed E-state index contributed by atoms with van der Waals surface area (Å²) >= 11 is 0. The Labute approximate surface area is 112 Å². The van der Waals surface area contributed by atoms with Gasteiger partial charge < -0.3 is 10.4 Å². The van der Waals surface area contributed by atoms with E-state index in [9.17, 15) is 14.7 Å². The smallest absolute Gasteiger partial charge is 0.321 e. The molecule has 0 spiro atoms. The van der Waals surface area contributed by atoms with E-state index in [1.54, 1.807) is 18.9 Å². The van der Waals surface area contributed by atoms with Crippen LogP contribution in [0.3, 0.4) is 0 Å². The van der Waals surface area contributed by atoms with Gasteiger partial charge in [-0.15, -0.1) is 0 Å². The van der Waals surface area contributed by atoms with E-state index in [0.717, 1.165) is 11.1 Å². The number of rotatable bonds is 3. The summed E-state index contributed by atoms with van der Waals surface area (Å²) in [6, 6.07) is 6.67. The number of carbonyl (C=O) groups excluding carboxylic acids is 1. The summed E-state index contributed by atoms with van der Waals surface area (Å²) < 4.78 is 0. The first kappa shape index (κ1) is 13.5. The average molecular weight is 262 g/mol. The fourth-order valence-corrected chi connectivity index (χ4v) is 2.54. The third-order valence-corrected chi connectivity index (χ3v) is 3.69. The predicted octanol–water partition coefficient (Wildman–Crippen LogP) is 0.632. The SMILES string of the molecule is CNC(=O)C(C)N1Cc2ccccc2CC1C(=O)O. The van der Waals surface area contributed by atoms with Gasteiger partial charge in [0.2, 0.25) is 5.91 Å². The Morgan fingerprint density at radius 3 is 2.58 bits per heavy atom. The lowest BCUT2D eigenvalue weighted by Gasteiger charge is -2.37. The van der Waals surface area contributed by atoms with Crippen LogP contribution < -0.4 is 5.32 Å². The largest absolute Gasteiger partial charge is 0.480 e. The molecule has 1 amide bonds. The van der Waals surface area contributed by atoms with Gasteiger partial charge in [0.25, 0.3) is 0 Å². The van der Waals surface area contributed by atoms with Gasteiger partial charge in [0.05, 0.1) is 6.04 Å². The number of nitrogens with one attached hydrogen (secondary N) is 1. The molecule has 2 atom stereocenters. The molecule has 1 aliphatic heterocycles. The lowest BCUT2D eigenvalue weighted by Crippen LogP contribution is -2.54. The number of hydrogen-bond acceptors (Lipinski definition) is 3. The molecular formula is C14H18N2O3. The highest BCUT2D eigenvalue weighted by Crippen LogP contribution is 2.25. The second-order valence-electron chi connectivity index (χ2n) is 4.79. The van der Waals surface area contributed by atoms with Crippen molar-refractivity contribution in [1.82, 2.24) is 10.2 Å². The second-order valence-corrected chi connectivity index (χ2v) is 4.79. The Hall–Kier alpha value is -1.88. The van der Waals surface area contributed by atoms with Crippen molar-refractivity contribution < 1.29 is 14.7 Å². The summed E-state index contributed by atoms with van der Waals surface area (Å²) in [5.41, 5.74) is 2.14. The zero-order valence-electron chi connectivity index (χ0n) is 11.1. The summed E-state index contributed by atoms with van der Waals surface area (Å²) in [5, 5.41) is 11.9. The maximum absolute atomic E-state index is 11.7. The van der Waals surface area contributed by atoms with Crippen LogP contribution in [0.25, 0.3) is 0 Å². The van der Waals surface area contributed by atoms with Gasteiger partial charge in [-0.05, 0) is 24.5 Å². The molecule has 5 heteroatoms. The minimum absolute atomic E-state index is 0.161. The number of amides is 1. The van der Waals surface area contributed by atoms with Crippen molar-refractivity contribution >= 4 is 11.9 Å². The van der Waals surface area contributed by atoms with E-state index in [0.29, 0.717) is 13.0 Å². The quantitative estimate of drug-likeness (QED) is 0.838. The van der Waals surface area contributed by atoms with E-state index in [-0.39, 0.29) is 5.91 Å². The van der Waals surface area contributed by atoms with Crippen LogP contribution in [-0.2, 0) is 22.6 Å². The predicted molar refractivity (Wildman–Crippen MR) is 70.6 cm³/mol. The molecule has 1 heterocycles. The Kier molecular flexibility index (Phi) is 3.85. The van der Waals surface area contributed by atoms with Crippen molar-refractivity contribution in [3.63, 3.8) is 0 Å². The molecule has 0 aliphatic carbocycles. The van der Waals surface area contributed by atoms with Crippen LogP contribution in [-0.4, -0.2) is 41.0 Å². The van der Waals surface area contributed by atoms with Gasteiger partial charge in [-0.1, -0.05) is 24.3 Å². The Morgan fingerprint density at radius 2 is 2.00 bits per heavy atom. The number of carboxylic acid groups (broad SMARTS) is 1. The summed E-state index contributed by atoms with van der Waals surface area (Å²) in [7, 11) is 1.56. The molecule has 0 aromatic heterocycles. The number of benzene rings is 1. The lowest BCUT2D eigenvalue weighted by molar-refractivity contribution is -0.146. The number of carboxylic acids is 1. The summed E-state index contributed by atoms with van der Waals surface area (Å²) in [6.07, 6.45) is 0.437. The van der Waals surface area contributed by atoms with Crippen LogP contribution >= 0.6 is 0 Å². The monoisotopic (exact) mass is 262 g/mol. The minimum Gasteiger partial charge on any atom is -0.480 e. The molecule has 19 heavy (non-hydrogen) atoms. The van der Waals surface area contributed by atoms with E-state index in [2.05, 4.69) is 5.32 Å². The van der Waals surface area contributed by atoms with Crippen molar-refractivity contribution in [2.24, 2.45) is 0 Å². The van der Waals surface area contributed by atoms with E-state index < -0.39 is 18.1 Å². The molecule has 1 aromatic rings. The van der Waals surface area contributed by atoms with Gasteiger partial charge in [0, 0.05) is 13.6 Å². The number of carbonyl (C=O) groups is 2. The highest BCUT2D eigenvalue weighted by Gasteiger charge is 2.36. The average Bonchev–Trinajstić information content (AvgIpc) is 2.44. The number of hydrogen-bond donors (Lipinski definition) is 2. The standard InChI is InChI=1S/C14H18N2O3/c1-9(13(17)15-2)16-8-11-6-4-3-5-10(11)7-12(16)14(18)19/h3-6,9,12H,7-8H2,1-2H3,(H,15,17)(H,18,19). The van der Waals surface area contributed by atoms with Crippen LogP contribution in [0.1, 0.15) is 18.1 Å². The number of fused-ring (bicyclic) bond motifs is 1. The van der Waals surface area contributed by atoms with Crippen LogP contribution in [0.5, 0.6) is 0 Å². The fourth-order valence-electron chi connectivity index (χ4n) is 2.54. The van der Waals surface area contributed by atoms with Gasteiger partial charge in [-0.3, -0.25) is 14.5 Å². The Morgan fingerprint density at radius 1 is 1.37 bits per heavy atom. The molecule has 2 N–H and O–H groups in total. The lowest BCUT2D eigenvalue weighted by atomic mass is 9.92. The van der Waals surface area contributed by atoms with Crippen LogP contribution in [0.4, 0.5) is 0 Å². The second kappa shape index (κ2) is 5.40. The Balaban J connectivity index is 2.31. The molecule has 102 valence electrons. The molecule has 0 radical (unpaired) electrons. The third kappa shape index (κ3) is 2.61. The van der Waals surface area contributed by atoms with Gasteiger partial charge in [0.1, 0.15) is 6.04 Å². The van der Waals surface area contributed by atoms with Crippen LogP contribution in [0, 0.1) is 0 Å². The topological polar surface area (TPSA) is 69.6 Å². The van der Waals surface area contributed by atoms with Gasteiger partial charge in [-0.25, -0.2) is 0 Å². The zero-order valence-corrected chi connectivity index (χ0v) is 11.1. The molecular weight excluding hydrogens is 244 g/mol. The molecule has 0 saturated carbocycles. The molecule has 2 unspecified atom stereocenters. The van der Waals surface area contributed by atoms with Gasteiger partial charge >= 0.3 is 5.97 Å². The minimum atomic E-state index is -0.884. The number of likely N-dealkylation sites (N-methyl/N-ethyl adjacent to an activating group) is 1. The van der Waals surface area contributed by atoms with Crippen LogP contribution in [0.2, 0.25) is 0 Å². The van der Waals surface area contributed by atoms with E-state index in [1.807, 2.05) is 24.3 Å². The first-order valence-electron chi connectivity index (χ1n) is 6.31. The van der Waals surface area contributed by atoms with Crippen molar-refractivity contribution in [3.8, 4) is 0 Å². The molecule has 0 fully saturated rings. The molecule has 1 aliphatic rings. The molecule has 0 bridgehead atoms. The van der Waals surface area contributed by atoms with Crippen molar-refractivity contribution in [2.75, 3.05) is 7.05 Å². The summed E-state index contributed by atoms with van der Waals surface area (Å²) in [6.45, 7) is 2.23. The van der Waals surface area contributed by atoms with Crippen LogP contribution in [0.15, 0.2) is 24.3 Å². The first-order chi connectivity index (χ1) is 9.04.